The number of rotatable bonds is 4. The number of carbonyl (C=O) groups excluding carboxylic acids is 1. The fraction of sp³-hybridized carbons (Fsp3) is 0.381. The summed E-state index contributed by atoms with van der Waals surface area (Å²) in [5, 5.41) is 2.68. The normalized spacial score (nSPS) is 17.2. The lowest BCUT2D eigenvalue weighted by atomic mass is 9.91. The van der Waals surface area contributed by atoms with Crippen molar-refractivity contribution in [2.75, 3.05) is 13.1 Å². The summed E-state index contributed by atoms with van der Waals surface area (Å²) in [6, 6.07) is 8.03. The zero-order chi connectivity index (χ0) is 19.7. The average molecular weight is 382 g/mol. The molecular formula is C21H23FN4O2. The lowest BCUT2D eigenvalue weighted by Gasteiger charge is -2.33. The highest BCUT2D eigenvalue weighted by molar-refractivity contribution is 5.95. The molecule has 3 aromatic rings. The van der Waals surface area contributed by atoms with Crippen molar-refractivity contribution in [1.29, 1.82) is 0 Å². The fourth-order valence-corrected chi connectivity index (χ4v) is 3.96. The molecule has 1 aliphatic heterocycles. The number of aromatic nitrogens is 3. The van der Waals surface area contributed by atoms with Crippen molar-refractivity contribution in [2.24, 2.45) is 5.92 Å². The Bertz CT molecular complexity index is 1050. The Balaban J connectivity index is 1.45. The number of H-pyrrole nitrogens is 1. The van der Waals surface area contributed by atoms with Gasteiger partial charge in [0.2, 0.25) is 0 Å². The Labute approximate surface area is 162 Å². The van der Waals surface area contributed by atoms with Crippen LogP contribution >= 0.6 is 0 Å². The van der Waals surface area contributed by atoms with Crippen molar-refractivity contribution in [1.82, 2.24) is 19.5 Å². The monoisotopic (exact) mass is 382 g/mol. The van der Waals surface area contributed by atoms with Crippen LogP contribution in [0.4, 0.5) is 4.39 Å². The minimum atomic E-state index is -0.237. The topological polar surface area (TPSA) is 70.5 Å². The van der Waals surface area contributed by atoms with E-state index in [1.807, 2.05) is 24.0 Å². The van der Waals surface area contributed by atoms with Crippen molar-refractivity contribution in [3.63, 3.8) is 0 Å². The smallest absolute Gasteiger partial charge is 0.266 e. The molecule has 2 aromatic heterocycles. The number of benzene rings is 1. The lowest BCUT2D eigenvalue weighted by molar-refractivity contribution is 0.0666. The summed E-state index contributed by atoms with van der Waals surface area (Å²) >= 11 is 0. The van der Waals surface area contributed by atoms with Crippen molar-refractivity contribution >= 4 is 11.6 Å². The van der Waals surface area contributed by atoms with E-state index < -0.39 is 0 Å². The van der Waals surface area contributed by atoms with Gasteiger partial charge in [-0.1, -0.05) is 12.1 Å². The third-order valence-electron chi connectivity index (χ3n) is 5.55. The van der Waals surface area contributed by atoms with Gasteiger partial charge in [-0.3, -0.25) is 14.7 Å². The molecule has 0 unspecified atom stereocenters. The highest BCUT2D eigenvalue weighted by Crippen LogP contribution is 2.23. The molecule has 28 heavy (non-hydrogen) atoms. The van der Waals surface area contributed by atoms with Gasteiger partial charge in [0.25, 0.3) is 11.5 Å². The third kappa shape index (κ3) is 3.69. The molecule has 7 heteroatoms. The van der Waals surface area contributed by atoms with Crippen LogP contribution in [0.25, 0.3) is 5.65 Å². The van der Waals surface area contributed by atoms with Gasteiger partial charge in [-0.15, -0.1) is 0 Å². The van der Waals surface area contributed by atoms with Gasteiger partial charge in [0.1, 0.15) is 5.82 Å². The molecule has 0 radical (unpaired) electrons. The largest absolute Gasteiger partial charge is 0.338 e. The van der Waals surface area contributed by atoms with Crippen LogP contribution in [0.1, 0.15) is 40.9 Å². The van der Waals surface area contributed by atoms with E-state index in [1.165, 1.54) is 18.2 Å². The molecule has 1 N–H and O–H groups in total. The Hall–Kier alpha value is -2.96. The van der Waals surface area contributed by atoms with Gasteiger partial charge >= 0.3 is 0 Å². The van der Waals surface area contributed by atoms with Crippen LogP contribution in [0.2, 0.25) is 0 Å². The van der Waals surface area contributed by atoms with Crippen LogP contribution in [0, 0.1) is 18.7 Å². The number of likely N-dealkylation sites (tertiary alicyclic amines) is 1. The fourth-order valence-electron chi connectivity index (χ4n) is 3.96. The standard InChI is InChI=1S/C21H23FN4O2/c1-14-18(12-23-19-11-20(27)24-26(14)19)21(28)25-10-2-3-16(13-25)5-4-15-6-8-17(22)9-7-15/h6-9,11-12,16H,2-5,10,13H2,1H3,(H,24,27)/t16-/m1/s1. The van der Waals surface area contributed by atoms with Gasteiger partial charge < -0.3 is 4.90 Å². The molecule has 1 aliphatic rings. The van der Waals surface area contributed by atoms with E-state index in [4.69, 9.17) is 0 Å². The lowest BCUT2D eigenvalue weighted by Crippen LogP contribution is -2.40. The highest BCUT2D eigenvalue weighted by Gasteiger charge is 2.26. The quantitative estimate of drug-likeness (QED) is 0.754. The molecule has 0 bridgehead atoms. The van der Waals surface area contributed by atoms with Crippen LogP contribution < -0.4 is 5.56 Å². The number of carbonyl (C=O) groups is 1. The summed E-state index contributed by atoms with van der Waals surface area (Å²) in [7, 11) is 0. The minimum Gasteiger partial charge on any atom is -0.338 e. The first-order chi connectivity index (χ1) is 13.5. The predicted octanol–water partition coefficient (Wildman–Crippen LogP) is 2.96. The number of fused-ring (bicyclic) bond motifs is 1. The van der Waals surface area contributed by atoms with E-state index in [9.17, 15) is 14.0 Å². The van der Waals surface area contributed by atoms with Gasteiger partial charge in [-0.25, -0.2) is 13.9 Å². The molecule has 1 amide bonds. The molecule has 1 atom stereocenters. The van der Waals surface area contributed by atoms with Gasteiger partial charge in [-0.05, 0) is 56.2 Å². The van der Waals surface area contributed by atoms with Gasteiger partial charge in [0, 0.05) is 25.4 Å². The van der Waals surface area contributed by atoms with E-state index >= 15 is 0 Å². The predicted molar refractivity (Wildman–Crippen MR) is 104 cm³/mol. The van der Waals surface area contributed by atoms with Gasteiger partial charge in [0.05, 0.1) is 11.3 Å². The second kappa shape index (κ2) is 7.58. The minimum absolute atomic E-state index is 0.0482. The maximum atomic E-state index is 13.1. The Morgan fingerprint density at radius 1 is 1.32 bits per heavy atom. The van der Waals surface area contributed by atoms with Crippen LogP contribution in [0.5, 0.6) is 0 Å². The van der Waals surface area contributed by atoms with E-state index in [1.54, 1.807) is 10.7 Å². The Morgan fingerprint density at radius 2 is 2.11 bits per heavy atom. The maximum Gasteiger partial charge on any atom is 0.266 e. The second-order valence-electron chi connectivity index (χ2n) is 7.50. The van der Waals surface area contributed by atoms with Crippen LogP contribution in [0.3, 0.4) is 0 Å². The Kier molecular flexibility index (Phi) is 4.98. The van der Waals surface area contributed by atoms with Gasteiger partial charge in [-0.2, -0.15) is 0 Å². The number of amides is 1. The Morgan fingerprint density at radius 3 is 2.89 bits per heavy atom. The van der Waals surface area contributed by atoms with E-state index in [-0.39, 0.29) is 17.3 Å². The SMILES string of the molecule is Cc1c(C(=O)N2CCC[C@H](CCc3ccc(F)cc3)C2)cnc2cc(=O)[nH]n12. The molecule has 0 aliphatic carbocycles. The summed E-state index contributed by atoms with van der Waals surface area (Å²) in [5.74, 6) is 0.155. The van der Waals surface area contributed by atoms with E-state index in [0.717, 1.165) is 37.8 Å². The summed E-state index contributed by atoms with van der Waals surface area (Å²) in [6.45, 7) is 3.25. The molecule has 0 spiro atoms. The molecule has 0 saturated carbocycles. The molecule has 1 fully saturated rings. The maximum absolute atomic E-state index is 13.1. The molecule has 3 heterocycles. The molecule has 6 nitrogen and oxygen atoms in total. The van der Waals surface area contributed by atoms with Crippen LogP contribution in [-0.4, -0.2) is 38.5 Å². The number of hydrogen-bond donors (Lipinski definition) is 1. The van der Waals surface area contributed by atoms with Crippen molar-refractivity contribution in [3.8, 4) is 0 Å². The number of nitrogens with one attached hydrogen (secondary N) is 1. The van der Waals surface area contributed by atoms with E-state index in [2.05, 4.69) is 10.1 Å². The number of piperidine rings is 1. The molecule has 146 valence electrons. The summed E-state index contributed by atoms with van der Waals surface area (Å²) in [4.78, 5) is 30.7. The molecular weight excluding hydrogens is 359 g/mol. The molecule has 1 saturated heterocycles. The third-order valence-corrected chi connectivity index (χ3v) is 5.55. The number of aryl methyl sites for hydroxylation is 2. The highest BCUT2D eigenvalue weighted by atomic mass is 19.1. The van der Waals surface area contributed by atoms with Crippen LogP contribution in [0.15, 0.2) is 41.3 Å². The van der Waals surface area contributed by atoms with Crippen LogP contribution in [-0.2, 0) is 6.42 Å². The summed E-state index contributed by atoms with van der Waals surface area (Å²) in [5.41, 5.74) is 2.59. The van der Waals surface area contributed by atoms with Crippen molar-refractivity contribution < 1.29 is 9.18 Å². The van der Waals surface area contributed by atoms with E-state index in [0.29, 0.717) is 29.4 Å². The molecule has 1 aromatic carbocycles. The zero-order valence-corrected chi connectivity index (χ0v) is 15.8. The number of nitrogens with zero attached hydrogens (tertiary/aromatic N) is 3. The number of aromatic amines is 1. The summed E-state index contributed by atoms with van der Waals surface area (Å²) < 4.78 is 14.6. The number of hydrogen-bond acceptors (Lipinski definition) is 3. The summed E-state index contributed by atoms with van der Waals surface area (Å²) in [6.07, 6.45) is 5.46. The first kappa shape index (κ1) is 18.4. The first-order valence-corrected chi connectivity index (χ1v) is 9.62. The first-order valence-electron chi connectivity index (χ1n) is 9.62. The van der Waals surface area contributed by atoms with Gasteiger partial charge in [0.15, 0.2) is 5.65 Å². The van der Waals surface area contributed by atoms with Crippen molar-refractivity contribution in [2.45, 2.75) is 32.6 Å². The van der Waals surface area contributed by atoms with Crippen molar-refractivity contribution in [3.05, 3.63) is 69.5 Å². The average Bonchev–Trinajstić information content (AvgIpc) is 3.09. The molecule has 4 rings (SSSR count). The number of halogens is 1. The second-order valence-corrected chi connectivity index (χ2v) is 7.50. The zero-order valence-electron chi connectivity index (χ0n) is 15.8.